The third-order valence-corrected chi connectivity index (χ3v) is 3.43. The summed E-state index contributed by atoms with van der Waals surface area (Å²) in [5.41, 5.74) is 12.7. The van der Waals surface area contributed by atoms with Crippen molar-refractivity contribution >= 4 is 28.9 Å². The van der Waals surface area contributed by atoms with Crippen molar-refractivity contribution < 1.29 is 9.53 Å². The van der Waals surface area contributed by atoms with E-state index in [0.717, 1.165) is 5.69 Å². The molecule has 0 aliphatic carbocycles. The molecule has 3 rings (SSSR count). The zero-order valence-electron chi connectivity index (χ0n) is 13.9. The van der Waals surface area contributed by atoms with Gasteiger partial charge in [-0.2, -0.15) is 0 Å². The Morgan fingerprint density at radius 2 is 2.00 bits per heavy atom. The highest BCUT2D eigenvalue weighted by molar-refractivity contribution is 5.94. The lowest BCUT2D eigenvalue weighted by molar-refractivity contribution is 0.0962. The van der Waals surface area contributed by atoms with Crippen LogP contribution in [0.15, 0.2) is 55.1 Å². The van der Waals surface area contributed by atoms with E-state index >= 15 is 0 Å². The first-order valence-corrected chi connectivity index (χ1v) is 7.65. The second-order valence-corrected chi connectivity index (χ2v) is 5.16. The summed E-state index contributed by atoms with van der Waals surface area (Å²) in [4.78, 5) is 24.1. The van der Waals surface area contributed by atoms with Gasteiger partial charge in [0.1, 0.15) is 17.8 Å². The standard InChI is InChI=1S/C17H17N7O2/c1-26-13-6-2-5-12(8-13)22-15-14(18)16(21-10-20-15)23-24-17(25)11-4-3-7-19-9-11/h2-10H,18H2,1H3,(H,24,25)(H2,20,21,22,23). The molecule has 9 nitrogen and oxygen atoms in total. The normalized spacial score (nSPS) is 10.0. The van der Waals surface area contributed by atoms with Crippen molar-refractivity contribution in [1.82, 2.24) is 20.4 Å². The maximum atomic E-state index is 12.0. The molecule has 0 saturated carbocycles. The van der Waals surface area contributed by atoms with Gasteiger partial charge in [0.2, 0.25) is 0 Å². The Labute approximate surface area is 149 Å². The number of amides is 1. The second kappa shape index (κ2) is 7.79. The topological polar surface area (TPSA) is 127 Å². The molecular weight excluding hydrogens is 334 g/mol. The van der Waals surface area contributed by atoms with Gasteiger partial charge in [0.05, 0.1) is 12.7 Å². The zero-order chi connectivity index (χ0) is 18.4. The molecule has 0 spiro atoms. The van der Waals surface area contributed by atoms with Crippen molar-refractivity contribution in [3.05, 3.63) is 60.7 Å². The molecule has 2 aromatic heterocycles. The summed E-state index contributed by atoms with van der Waals surface area (Å²) in [6.07, 6.45) is 4.37. The summed E-state index contributed by atoms with van der Waals surface area (Å²) >= 11 is 0. The molecule has 9 heteroatoms. The lowest BCUT2D eigenvalue weighted by Crippen LogP contribution is -2.30. The van der Waals surface area contributed by atoms with Crippen LogP contribution in [0, 0.1) is 0 Å². The Morgan fingerprint density at radius 1 is 1.15 bits per heavy atom. The van der Waals surface area contributed by atoms with Crippen LogP contribution >= 0.6 is 0 Å². The van der Waals surface area contributed by atoms with Crippen molar-refractivity contribution in [3.8, 4) is 5.75 Å². The maximum absolute atomic E-state index is 12.0. The number of nitrogens with two attached hydrogens (primary N) is 1. The molecule has 0 unspecified atom stereocenters. The van der Waals surface area contributed by atoms with Crippen LogP contribution in [-0.4, -0.2) is 28.0 Å². The minimum absolute atomic E-state index is 0.252. The fraction of sp³-hybridized carbons (Fsp3) is 0.0588. The van der Waals surface area contributed by atoms with Gasteiger partial charge in [0.15, 0.2) is 11.6 Å². The SMILES string of the molecule is COc1cccc(Nc2ncnc(NNC(=O)c3cccnc3)c2N)c1. The quantitative estimate of drug-likeness (QED) is 0.496. The number of hydrogen-bond donors (Lipinski definition) is 4. The maximum Gasteiger partial charge on any atom is 0.271 e. The van der Waals surface area contributed by atoms with E-state index in [4.69, 9.17) is 10.5 Å². The minimum atomic E-state index is -0.363. The van der Waals surface area contributed by atoms with E-state index < -0.39 is 0 Å². The van der Waals surface area contributed by atoms with Crippen molar-refractivity contribution in [3.63, 3.8) is 0 Å². The number of pyridine rings is 1. The number of hydrazine groups is 1. The van der Waals surface area contributed by atoms with Crippen LogP contribution in [0.25, 0.3) is 0 Å². The van der Waals surface area contributed by atoms with E-state index in [2.05, 4.69) is 31.1 Å². The smallest absolute Gasteiger partial charge is 0.271 e. The van der Waals surface area contributed by atoms with Crippen molar-refractivity contribution in [1.29, 1.82) is 0 Å². The molecule has 0 atom stereocenters. The van der Waals surface area contributed by atoms with E-state index in [0.29, 0.717) is 17.1 Å². The van der Waals surface area contributed by atoms with Crippen LogP contribution in [0.5, 0.6) is 5.75 Å². The first-order chi connectivity index (χ1) is 12.7. The molecule has 0 fully saturated rings. The van der Waals surface area contributed by atoms with Gasteiger partial charge in [0.25, 0.3) is 5.91 Å². The van der Waals surface area contributed by atoms with Gasteiger partial charge in [-0.3, -0.25) is 20.6 Å². The summed E-state index contributed by atoms with van der Waals surface area (Å²) in [5.74, 6) is 0.997. The lowest BCUT2D eigenvalue weighted by Gasteiger charge is -2.13. The Morgan fingerprint density at radius 3 is 2.77 bits per heavy atom. The molecule has 0 saturated heterocycles. The van der Waals surface area contributed by atoms with Gasteiger partial charge < -0.3 is 15.8 Å². The minimum Gasteiger partial charge on any atom is -0.497 e. The molecule has 0 bridgehead atoms. The van der Waals surface area contributed by atoms with Gasteiger partial charge in [-0.1, -0.05) is 6.07 Å². The van der Waals surface area contributed by atoms with Crippen molar-refractivity contribution in [2.45, 2.75) is 0 Å². The van der Waals surface area contributed by atoms with Crippen LogP contribution in [0.3, 0.4) is 0 Å². The van der Waals surface area contributed by atoms with Crippen LogP contribution in [-0.2, 0) is 0 Å². The van der Waals surface area contributed by atoms with Crippen LogP contribution in [0.1, 0.15) is 10.4 Å². The molecule has 2 heterocycles. The molecule has 0 aliphatic rings. The summed E-state index contributed by atoms with van der Waals surface area (Å²) in [6, 6.07) is 10.6. The average molecular weight is 351 g/mol. The van der Waals surface area contributed by atoms with Crippen LogP contribution in [0.2, 0.25) is 0 Å². The summed E-state index contributed by atoms with van der Waals surface area (Å²) in [6.45, 7) is 0. The van der Waals surface area contributed by atoms with E-state index in [-0.39, 0.29) is 17.4 Å². The number of carbonyl (C=O) groups is 1. The fourth-order valence-corrected chi connectivity index (χ4v) is 2.12. The van der Waals surface area contributed by atoms with E-state index in [1.54, 1.807) is 31.5 Å². The van der Waals surface area contributed by atoms with Gasteiger partial charge in [-0.15, -0.1) is 0 Å². The number of ether oxygens (including phenoxy) is 1. The Bertz CT molecular complexity index is 903. The first kappa shape index (κ1) is 17.0. The van der Waals surface area contributed by atoms with Gasteiger partial charge in [0, 0.05) is 24.1 Å². The number of nitrogens with one attached hydrogen (secondary N) is 3. The number of nitrogen functional groups attached to an aromatic ring is 1. The molecule has 5 N–H and O–H groups in total. The highest BCUT2D eigenvalue weighted by Crippen LogP contribution is 2.26. The molecule has 3 aromatic rings. The monoisotopic (exact) mass is 351 g/mol. The number of nitrogens with zero attached hydrogens (tertiary/aromatic N) is 3. The number of aromatic nitrogens is 3. The summed E-state index contributed by atoms with van der Waals surface area (Å²) in [5, 5.41) is 3.09. The molecule has 26 heavy (non-hydrogen) atoms. The van der Waals surface area contributed by atoms with Gasteiger partial charge >= 0.3 is 0 Å². The molecule has 1 aromatic carbocycles. The largest absolute Gasteiger partial charge is 0.497 e. The summed E-state index contributed by atoms with van der Waals surface area (Å²) in [7, 11) is 1.59. The Hall–Kier alpha value is -3.88. The van der Waals surface area contributed by atoms with Crippen molar-refractivity contribution in [2.75, 3.05) is 23.6 Å². The molecule has 1 amide bonds. The highest BCUT2D eigenvalue weighted by Gasteiger charge is 2.10. The zero-order valence-corrected chi connectivity index (χ0v) is 13.9. The number of carbonyl (C=O) groups excluding carboxylic acids is 1. The first-order valence-electron chi connectivity index (χ1n) is 7.65. The number of benzene rings is 1. The fourth-order valence-electron chi connectivity index (χ4n) is 2.12. The lowest BCUT2D eigenvalue weighted by atomic mass is 10.3. The molecule has 0 aliphatic heterocycles. The molecule has 132 valence electrons. The third kappa shape index (κ3) is 3.96. The summed E-state index contributed by atoms with van der Waals surface area (Å²) < 4.78 is 5.18. The number of hydrogen-bond acceptors (Lipinski definition) is 8. The van der Waals surface area contributed by atoms with E-state index in [1.165, 1.54) is 12.5 Å². The van der Waals surface area contributed by atoms with E-state index in [9.17, 15) is 4.79 Å². The predicted molar refractivity (Wildman–Crippen MR) is 98.0 cm³/mol. The highest BCUT2D eigenvalue weighted by atomic mass is 16.5. The van der Waals surface area contributed by atoms with Crippen LogP contribution < -0.4 is 26.6 Å². The molecular formula is C17H17N7O2. The number of anilines is 4. The number of methoxy groups -OCH3 is 1. The molecule has 0 radical (unpaired) electrons. The van der Waals surface area contributed by atoms with Crippen molar-refractivity contribution in [2.24, 2.45) is 0 Å². The Kier molecular flexibility index (Phi) is 5.08. The predicted octanol–water partition coefficient (Wildman–Crippen LogP) is 1.96. The Balaban J connectivity index is 1.71. The van der Waals surface area contributed by atoms with Gasteiger partial charge in [-0.25, -0.2) is 9.97 Å². The average Bonchev–Trinajstić information content (AvgIpc) is 2.69. The van der Waals surface area contributed by atoms with Crippen LogP contribution in [0.4, 0.5) is 23.0 Å². The number of rotatable bonds is 6. The van der Waals surface area contributed by atoms with Gasteiger partial charge in [-0.05, 0) is 24.3 Å². The van der Waals surface area contributed by atoms with E-state index in [1.807, 2.05) is 18.2 Å². The second-order valence-electron chi connectivity index (χ2n) is 5.16. The third-order valence-electron chi connectivity index (χ3n) is 3.43.